The molecular formula is C7H13NO4. The molecule has 0 radical (unpaired) electrons. The molecule has 1 aliphatic rings. The Kier molecular flexibility index (Phi) is 2.81. The van der Waals surface area contributed by atoms with Crippen molar-refractivity contribution < 1.29 is 20.4 Å². The molecular weight excluding hydrogens is 162 g/mol. The van der Waals surface area contributed by atoms with Crippen LogP contribution in [-0.4, -0.2) is 51.4 Å². The van der Waals surface area contributed by atoms with Crippen LogP contribution >= 0.6 is 0 Å². The van der Waals surface area contributed by atoms with Crippen molar-refractivity contribution in [2.45, 2.75) is 24.4 Å². The molecule has 0 bridgehead atoms. The van der Waals surface area contributed by atoms with Crippen molar-refractivity contribution in [3.63, 3.8) is 0 Å². The summed E-state index contributed by atoms with van der Waals surface area (Å²) in [7, 11) is 0. The van der Waals surface area contributed by atoms with Gasteiger partial charge in [-0.1, -0.05) is 6.08 Å². The van der Waals surface area contributed by atoms with Crippen molar-refractivity contribution in [2.75, 3.05) is 6.61 Å². The average Bonchev–Trinajstić information content (AvgIpc) is 2.08. The van der Waals surface area contributed by atoms with Gasteiger partial charge in [0, 0.05) is 0 Å². The van der Waals surface area contributed by atoms with Crippen molar-refractivity contribution in [2.24, 2.45) is 5.73 Å². The molecule has 5 heteroatoms. The highest BCUT2D eigenvalue weighted by atomic mass is 16.4. The quantitative estimate of drug-likeness (QED) is 0.279. The molecule has 0 amide bonds. The fourth-order valence-electron chi connectivity index (χ4n) is 1.22. The zero-order valence-corrected chi connectivity index (χ0v) is 6.46. The molecule has 6 N–H and O–H groups in total. The van der Waals surface area contributed by atoms with E-state index in [1.165, 1.54) is 6.08 Å². The van der Waals surface area contributed by atoms with Gasteiger partial charge in [0.1, 0.15) is 18.3 Å². The first-order valence-electron chi connectivity index (χ1n) is 3.69. The second-order valence-corrected chi connectivity index (χ2v) is 2.90. The van der Waals surface area contributed by atoms with Gasteiger partial charge in [-0.2, -0.15) is 0 Å². The summed E-state index contributed by atoms with van der Waals surface area (Å²) in [6.45, 7) is -0.362. The van der Waals surface area contributed by atoms with Gasteiger partial charge in [0.25, 0.3) is 0 Å². The Morgan fingerprint density at radius 3 is 2.33 bits per heavy atom. The number of aliphatic hydroxyl groups is 4. The Bertz CT molecular complexity index is 194. The van der Waals surface area contributed by atoms with Gasteiger partial charge in [0.15, 0.2) is 0 Å². The monoisotopic (exact) mass is 175 g/mol. The summed E-state index contributed by atoms with van der Waals surface area (Å²) in [5.41, 5.74) is 5.64. The first-order valence-corrected chi connectivity index (χ1v) is 3.69. The van der Waals surface area contributed by atoms with Crippen LogP contribution in [0.2, 0.25) is 0 Å². The van der Waals surface area contributed by atoms with Crippen molar-refractivity contribution >= 4 is 0 Å². The van der Waals surface area contributed by atoms with Gasteiger partial charge in [0.05, 0.1) is 12.6 Å². The predicted octanol–water partition coefficient (Wildman–Crippen LogP) is -2.67. The minimum atomic E-state index is -1.31. The summed E-state index contributed by atoms with van der Waals surface area (Å²) in [5, 5.41) is 36.3. The molecule has 0 unspecified atom stereocenters. The number of hydrogen-bond donors (Lipinski definition) is 5. The maximum absolute atomic E-state index is 9.23. The molecule has 0 spiro atoms. The van der Waals surface area contributed by atoms with Gasteiger partial charge in [-0.15, -0.1) is 0 Å². The van der Waals surface area contributed by atoms with Crippen molar-refractivity contribution in [3.05, 3.63) is 11.6 Å². The number of aliphatic hydroxyl groups excluding tert-OH is 4. The molecule has 0 fully saturated rings. The molecule has 5 nitrogen and oxygen atoms in total. The molecule has 0 aromatic carbocycles. The zero-order chi connectivity index (χ0) is 9.30. The van der Waals surface area contributed by atoms with E-state index in [9.17, 15) is 10.2 Å². The minimum absolute atomic E-state index is 0.250. The van der Waals surface area contributed by atoms with Gasteiger partial charge < -0.3 is 26.2 Å². The van der Waals surface area contributed by atoms with Crippen molar-refractivity contribution in [3.8, 4) is 0 Å². The summed E-state index contributed by atoms with van der Waals surface area (Å²) in [6.07, 6.45) is -2.34. The fraction of sp³-hybridized carbons (Fsp3) is 0.714. The van der Waals surface area contributed by atoms with Gasteiger partial charge >= 0.3 is 0 Å². The van der Waals surface area contributed by atoms with Crippen LogP contribution in [0.3, 0.4) is 0 Å². The summed E-state index contributed by atoms with van der Waals surface area (Å²) in [6, 6.07) is -0.731. The van der Waals surface area contributed by atoms with E-state index >= 15 is 0 Å². The summed E-state index contributed by atoms with van der Waals surface area (Å²) >= 11 is 0. The van der Waals surface area contributed by atoms with Gasteiger partial charge in [-0.3, -0.25) is 0 Å². The fourth-order valence-corrected chi connectivity index (χ4v) is 1.22. The first-order chi connectivity index (χ1) is 5.57. The topological polar surface area (TPSA) is 107 Å². The highest BCUT2D eigenvalue weighted by Gasteiger charge is 2.34. The lowest BCUT2D eigenvalue weighted by molar-refractivity contribution is -0.0596. The zero-order valence-electron chi connectivity index (χ0n) is 6.46. The van der Waals surface area contributed by atoms with Crippen molar-refractivity contribution in [1.82, 2.24) is 0 Å². The van der Waals surface area contributed by atoms with Gasteiger partial charge in [-0.05, 0) is 5.57 Å². The lowest BCUT2D eigenvalue weighted by Crippen LogP contribution is -2.52. The van der Waals surface area contributed by atoms with E-state index in [2.05, 4.69) is 0 Å². The van der Waals surface area contributed by atoms with E-state index in [0.29, 0.717) is 0 Å². The van der Waals surface area contributed by atoms with Crippen molar-refractivity contribution in [1.29, 1.82) is 0 Å². The van der Waals surface area contributed by atoms with Gasteiger partial charge in [0.2, 0.25) is 0 Å². The summed E-state index contributed by atoms with van der Waals surface area (Å²) in [4.78, 5) is 0. The smallest absolute Gasteiger partial charge is 0.111 e. The highest BCUT2D eigenvalue weighted by molar-refractivity contribution is 5.20. The molecule has 1 aliphatic carbocycles. The molecule has 0 aromatic rings. The van der Waals surface area contributed by atoms with Crippen LogP contribution in [0.1, 0.15) is 0 Å². The Labute approximate surface area is 69.8 Å². The second-order valence-electron chi connectivity index (χ2n) is 2.90. The SMILES string of the molecule is N[C@@H]1C=C(CO)[C@@H](O)[C@@H](O)[C@@H]1O. The van der Waals surface area contributed by atoms with Crippen LogP contribution in [-0.2, 0) is 0 Å². The number of rotatable bonds is 1. The normalized spacial score (nSPS) is 42.6. The highest BCUT2D eigenvalue weighted by Crippen LogP contribution is 2.18. The standard InChI is InChI=1S/C7H13NO4/c8-4-1-3(2-9)5(10)7(12)6(4)11/h1,4-7,9-12H,2,8H2/t4-,5-,6-,7-/m1/s1. The molecule has 4 atom stereocenters. The lowest BCUT2D eigenvalue weighted by Gasteiger charge is -2.32. The third-order valence-electron chi connectivity index (χ3n) is 2.04. The van der Waals surface area contributed by atoms with E-state index in [1.54, 1.807) is 0 Å². The van der Waals surface area contributed by atoms with E-state index < -0.39 is 24.4 Å². The maximum Gasteiger partial charge on any atom is 0.111 e. The second kappa shape index (κ2) is 3.51. The Morgan fingerprint density at radius 2 is 1.83 bits per heavy atom. The largest absolute Gasteiger partial charge is 0.392 e. The minimum Gasteiger partial charge on any atom is -0.392 e. The molecule has 70 valence electrons. The van der Waals surface area contributed by atoms with Crippen LogP contribution in [0.4, 0.5) is 0 Å². The Hall–Kier alpha value is -0.460. The third kappa shape index (κ3) is 1.50. The molecule has 0 saturated heterocycles. The van der Waals surface area contributed by atoms with Crippen LogP contribution in [0.5, 0.6) is 0 Å². The molecule has 0 aromatic heterocycles. The lowest BCUT2D eigenvalue weighted by atomic mass is 9.89. The van der Waals surface area contributed by atoms with Crippen LogP contribution in [0.15, 0.2) is 11.6 Å². The third-order valence-corrected chi connectivity index (χ3v) is 2.04. The van der Waals surface area contributed by atoms with Crippen LogP contribution < -0.4 is 5.73 Å². The molecule has 1 rings (SSSR count). The summed E-state index contributed by atoms with van der Waals surface area (Å²) < 4.78 is 0. The van der Waals surface area contributed by atoms with E-state index in [1.807, 2.05) is 0 Å². The Morgan fingerprint density at radius 1 is 1.25 bits per heavy atom. The van der Waals surface area contributed by atoms with Crippen LogP contribution in [0.25, 0.3) is 0 Å². The number of nitrogens with two attached hydrogens (primary N) is 1. The van der Waals surface area contributed by atoms with E-state index in [-0.39, 0.29) is 12.2 Å². The van der Waals surface area contributed by atoms with E-state index in [4.69, 9.17) is 15.9 Å². The Balaban J connectivity index is 2.84. The molecule has 0 saturated carbocycles. The molecule has 0 aliphatic heterocycles. The average molecular weight is 175 g/mol. The maximum atomic E-state index is 9.23. The summed E-state index contributed by atoms with van der Waals surface area (Å²) in [5.74, 6) is 0. The number of hydrogen-bond acceptors (Lipinski definition) is 5. The molecule has 0 heterocycles. The first kappa shape index (κ1) is 9.63. The van der Waals surface area contributed by atoms with E-state index in [0.717, 1.165) is 0 Å². The predicted molar refractivity (Wildman–Crippen MR) is 41.2 cm³/mol. The molecule has 12 heavy (non-hydrogen) atoms. The van der Waals surface area contributed by atoms with Gasteiger partial charge in [-0.25, -0.2) is 0 Å². The van der Waals surface area contributed by atoms with Crippen LogP contribution in [0, 0.1) is 0 Å².